The number of halogens is 2. The summed E-state index contributed by atoms with van der Waals surface area (Å²) in [4.78, 5) is 0. The molecule has 2 aromatic carbocycles. The fourth-order valence-corrected chi connectivity index (χ4v) is 2.00. The number of rotatable bonds is 2. The lowest BCUT2D eigenvalue weighted by Gasteiger charge is -2.06. The summed E-state index contributed by atoms with van der Waals surface area (Å²) in [5, 5.41) is 4.32. The maximum Gasteiger partial charge on any atom is 0.0770 e. The van der Waals surface area contributed by atoms with Gasteiger partial charge < -0.3 is 5.32 Å². The molecule has 0 heterocycles. The number of hydrogen-bond donors (Lipinski definition) is 1. The summed E-state index contributed by atoms with van der Waals surface area (Å²) >= 11 is 12.1. The van der Waals surface area contributed by atoms with Crippen LogP contribution in [-0.4, -0.2) is 6.54 Å². The second kappa shape index (κ2) is 6.35. The van der Waals surface area contributed by atoms with E-state index in [0.29, 0.717) is 16.6 Å². The van der Waals surface area contributed by atoms with Gasteiger partial charge in [-0.1, -0.05) is 59.3 Å². The van der Waals surface area contributed by atoms with Crippen molar-refractivity contribution in [2.75, 3.05) is 11.9 Å². The maximum atomic E-state index is 6.03. The van der Waals surface area contributed by atoms with E-state index >= 15 is 0 Å². The fraction of sp³-hybridized carbons (Fsp3) is 0.0667. The number of hydrogen-bond acceptors (Lipinski definition) is 1. The molecule has 0 spiro atoms. The Bertz CT molecular complexity index is 562. The van der Waals surface area contributed by atoms with Crippen molar-refractivity contribution in [1.82, 2.24) is 0 Å². The Balaban J connectivity index is 1.99. The molecule has 0 aromatic heterocycles. The van der Waals surface area contributed by atoms with E-state index in [9.17, 15) is 0 Å². The van der Waals surface area contributed by atoms with E-state index in [1.807, 2.05) is 36.4 Å². The topological polar surface area (TPSA) is 12.0 Å². The van der Waals surface area contributed by atoms with Gasteiger partial charge in [-0.05, 0) is 24.3 Å². The van der Waals surface area contributed by atoms with Gasteiger partial charge >= 0.3 is 0 Å². The van der Waals surface area contributed by atoms with Crippen LogP contribution in [0.5, 0.6) is 0 Å². The maximum absolute atomic E-state index is 6.03. The minimum Gasteiger partial charge on any atom is -0.372 e. The zero-order valence-electron chi connectivity index (χ0n) is 9.58. The van der Waals surface area contributed by atoms with Crippen LogP contribution in [0.2, 0.25) is 10.0 Å². The standard InChI is InChI=1S/C15H11Cl2N/c16-13-9-4-10-14(17)15(13)18-11-5-8-12-6-2-1-3-7-12/h1-4,6-7,9-10,18H,11H2. The van der Waals surface area contributed by atoms with E-state index in [2.05, 4.69) is 17.2 Å². The normalized spacial score (nSPS) is 9.44. The van der Waals surface area contributed by atoms with Gasteiger partial charge in [0.05, 0.1) is 22.3 Å². The summed E-state index contributed by atoms with van der Waals surface area (Å²) < 4.78 is 0. The largest absolute Gasteiger partial charge is 0.372 e. The molecule has 1 nitrogen and oxygen atoms in total. The Morgan fingerprint density at radius 2 is 1.56 bits per heavy atom. The van der Waals surface area contributed by atoms with Crippen molar-refractivity contribution in [2.24, 2.45) is 0 Å². The molecule has 1 N–H and O–H groups in total. The molecule has 0 aliphatic carbocycles. The number of anilines is 1. The quantitative estimate of drug-likeness (QED) is 0.799. The first-order chi connectivity index (χ1) is 8.77. The minimum atomic E-state index is 0.498. The molecule has 0 atom stereocenters. The van der Waals surface area contributed by atoms with Gasteiger partial charge in [0.15, 0.2) is 0 Å². The van der Waals surface area contributed by atoms with Gasteiger partial charge in [0.1, 0.15) is 0 Å². The summed E-state index contributed by atoms with van der Waals surface area (Å²) in [5.74, 6) is 6.08. The van der Waals surface area contributed by atoms with Gasteiger partial charge in [0.2, 0.25) is 0 Å². The van der Waals surface area contributed by atoms with Crippen molar-refractivity contribution in [3.63, 3.8) is 0 Å². The molecule has 0 unspecified atom stereocenters. The molecule has 0 aliphatic rings. The molecular weight excluding hydrogens is 265 g/mol. The highest BCUT2D eigenvalue weighted by Gasteiger charge is 2.02. The van der Waals surface area contributed by atoms with Gasteiger partial charge in [-0.3, -0.25) is 0 Å². The minimum absolute atomic E-state index is 0.498. The monoisotopic (exact) mass is 275 g/mol. The average Bonchev–Trinajstić information content (AvgIpc) is 2.38. The molecule has 90 valence electrons. The Hall–Kier alpha value is -1.62. The lowest BCUT2D eigenvalue weighted by molar-refractivity contribution is 1.38. The van der Waals surface area contributed by atoms with Gasteiger partial charge in [-0.15, -0.1) is 0 Å². The third-order valence-electron chi connectivity index (χ3n) is 2.32. The number of nitrogens with one attached hydrogen (secondary N) is 1. The highest BCUT2D eigenvalue weighted by Crippen LogP contribution is 2.29. The summed E-state index contributed by atoms with van der Waals surface area (Å²) in [6.07, 6.45) is 0. The van der Waals surface area contributed by atoms with Crippen molar-refractivity contribution < 1.29 is 0 Å². The molecule has 0 saturated heterocycles. The lowest BCUT2D eigenvalue weighted by atomic mass is 10.2. The summed E-state index contributed by atoms with van der Waals surface area (Å²) in [5.41, 5.74) is 1.72. The summed E-state index contributed by atoms with van der Waals surface area (Å²) in [6.45, 7) is 0.498. The van der Waals surface area contributed by atoms with E-state index < -0.39 is 0 Å². The van der Waals surface area contributed by atoms with Crippen LogP contribution in [0.25, 0.3) is 0 Å². The third kappa shape index (κ3) is 3.43. The molecule has 2 aromatic rings. The molecule has 0 saturated carbocycles. The van der Waals surface area contributed by atoms with Crippen LogP contribution in [0.4, 0.5) is 5.69 Å². The Labute approximate surface area is 117 Å². The smallest absolute Gasteiger partial charge is 0.0770 e. The first-order valence-electron chi connectivity index (χ1n) is 5.49. The third-order valence-corrected chi connectivity index (χ3v) is 2.95. The van der Waals surface area contributed by atoms with E-state index in [1.165, 1.54) is 0 Å². The van der Waals surface area contributed by atoms with Gasteiger partial charge in [0, 0.05) is 5.56 Å². The van der Waals surface area contributed by atoms with Crippen molar-refractivity contribution in [2.45, 2.75) is 0 Å². The van der Waals surface area contributed by atoms with Crippen LogP contribution in [0.3, 0.4) is 0 Å². The number of benzene rings is 2. The first kappa shape index (κ1) is 12.8. The Morgan fingerprint density at radius 3 is 2.22 bits per heavy atom. The van der Waals surface area contributed by atoms with Crippen molar-refractivity contribution in [1.29, 1.82) is 0 Å². The predicted octanol–water partition coefficient (Wildman–Crippen LogP) is 4.46. The van der Waals surface area contributed by atoms with Crippen LogP contribution < -0.4 is 5.32 Å². The van der Waals surface area contributed by atoms with Crippen molar-refractivity contribution >= 4 is 28.9 Å². The van der Waals surface area contributed by atoms with E-state index in [4.69, 9.17) is 23.2 Å². The molecule has 0 bridgehead atoms. The van der Waals surface area contributed by atoms with Crippen molar-refractivity contribution in [3.8, 4) is 11.8 Å². The van der Waals surface area contributed by atoms with Crippen molar-refractivity contribution in [3.05, 3.63) is 64.1 Å². The second-order valence-corrected chi connectivity index (χ2v) is 4.43. The fourth-order valence-electron chi connectivity index (χ4n) is 1.47. The summed E-state index contributed by atoms with van der Waals surface area (Å²) in [7, 11) is 0. The highest BCUT2D eigenvalue weighted by atomic mass is 35.5. The van der Waals surface area contributed by atoms with Crippen LogP contribution in [0.15, 0.2) is 48.5 Å². The average molecular weight is 276 g/mol. The molecule has 18 heavy (non-hydrogen) atoms. The van der Waals surface area contributed by atoms with Crippen LogP contribution >= 0.6 is 23.2 Å². The highest BCUT2D eigenvalue weighted by molar-refractivity contribution is 6.39. The van der Waals surface area contributed by atoms with Gasteiger partial charge in [-0.2, -0.15) is 0 Å². The summed E-state index contributed by atoms with van der Waals surface area (Å²) in [6, 6.07) is 15.2. The van der Waals surface area contributed by atoms with E-state index in [1.54, 1.807) is 12.1 Å². The van der Waals surface area contributed by atoms with Crippen LogP contribution in [0.1, 0.15) is 5.56 Å². The zero-order valence-corrected chi connectivity index (χ0v) is 11.1. The molecule has 0 amide bonds. The molecule has 0 fully saturated rings. The van der Waals surface area contributed by atoms with Crippen LogP contribution in [-0.2, 0) is 0 Å². The van der Waals surface area contributed by atoms with Crippen LogP contribution in [0, 0.1) is 11.8 Å². The van der Waals surface area contributed by atoms with E-state index in [-0.39, 0.29) is 0 Å². The second-order valence-electron chi connectivity index (χ2n) is 3.62. The molecular formula is C15H11Cl2N. The predicted molar refractivity (Wildman–Crippen MR) is 78.3 cm³/mol. The Kier molecular flexibility index (Phi) is 4.52. The Morgan fingerprint density at radius 1 is 0.889 bits per heavy atom. The lowest BCUT2D eigenvalue weighted by Crippen LogP contribution is -1.99. The SMILES string of the molecule is Clc1cccc(Cl)c1NCC#Cc1ccccc1. The number of para-hydroxylation sites is 1. The van der Waals surface area contributed by atoms with Gasteiger partial charge in [0.25, 0.3) is 0 Å². The molecule has 3 heteroatoms. The van der Waals surface area contributed by atoms with Gasteiger partial charge in [-0.25, -0.2) is 0 Å². The molecule has 2 rings (SSSR count). The van der Waals surface area contributed by atoms with E-state index in [0.717, 1.165) is 11.3 Å². The zero-order chi connectivity index (χ0) is 12.8. The molecule has 0 radical (unpaired) electrons. The first-order valence-corrected chi connectivity index (χ1v) is 6.25. The molecule has 0 aliphatic heterocycles.